The van der Waals surface area contributed by atoms with E-state index in [0.29, 0.717) is 25.3 Å². The van der Waals surface area contributed by atoms with Crippen LogP contribution in [-0.4, -0.2) is 51.7 Å². The Kier molecular flexibility index (Phi) is 6.24. The number of piperidine rings is 1. The number of nitrogens with zero attached hydrogens (tertiary/aromatic N) is 3. The minimum atomic E-state index is -0.480. The lowest BCUT2D eigenvalue weighted by Crippen LogP contribution is -2.49. The van der Waals surface area contributed by atoms with Gasteiger partial charge in [-0.15, -0.1) is 0 Å². The van der Waals surface area contributed by atoms with E-state index in [9.17, 15) is 9.59 Å². The molecule has 144 valence electrons. The molecule has 1 N–H and O–H groups in total. The molecule has 1 unspecified atom stereocenters. The molecular weight excluding hydrogens is 344 g/mol. The van der Waals surface area contributed by atoms with Crippen molar-refractivity contribution in [2.75, 3.05) is 13.1 Å². The van der Waals surface area contributed by atoms with Crippen molar-refractivity contribution < 1.29 is 14.3 Å². The van der Waals surface area contributed by atoms with Crippen molar-refractivity contribution in [3.8, 4) is 0 Å². The Bertz CT molecular complexity index is 767. The van der Waals surface area contributed by atoms with Crippen LogP contribution >= 0.6 is 0 Å². The van der Waals surface area contributed by atoms with E-state index in [0.717, 1.165) is 18.4 Å². The zero-order valence-electron chi connectivity index (χ0n) is 15.8. The number of rotatable bonds is 6. The molecule has 0 saturated carbocycles. The van der Waals surface area contributed by atoms with E-state index in [1.165, 1.54) is 0 Å². The molecule has 2 amide bonds. The van der Waals surface area contributed by atoms with Gasteiger partial charge in [0, 0.05) is 32.4 Å². The first-order valence-electron chi connectivity index (χ1n) is 9.27. The minimum Gasteiger partial charge on any atom is -0.364 e. The van der Waals surface area contributed by atoms with Gasteiger partial charge >= 0.3 is 0 Å². The van der Waals surface area contributed by atoms with Crippen molar-refractivity contribution in [1.29, 1.82) is 0 Å². The SMILES string of the molecule is CC(OCc1ccccc1)C(=O)N1CCC(NC(=O)c2cnn(C)c2)CC1. The van der Waals surface area contributed by atoms with Crippen LogP contribution in [0.5, 0.6) is 0 Å². The third-order valence-electron chi connectivity index (χ3n) is 4.80. The monoisotopic (exact) mass is 370 g/mol. The van der Waals surface area contributed by atoms with Crippen molar-refractivity contribution >= 4 is 11.8 Å². The van der Waals surface area contributed by atoms with E-state index in [2.05, 4.69) is 10.4 Å². The van der Waals surface area contributed by atoms with Gasteiger partial charge in [0.25, 0.3) is 11.8 Å². The smallest absolute Gasteiger partial charge is 0.254 e. The van der Waals surface area contributed by atoms with Crippen molar-refractivity contribution in [2.24, 2.45) is 7.05 Å². The number of benzene rings is 1. The molecule has 1 atom stereocenters. The molecule has 7 nitrogen and oxygen atoms in total. The molecule has 2 heterocycles. The first-order valence-corrected chi connectivity index (χ1v) is 9.27. The van der Waals surface area contributed by atoms with Crippen LogP contribution in [0.3, 0.4) is 0 Å². The van der Waals surface area contributed by atoms with Crippen molar-refractivity contribution in [3.05, 3.63) is 53.9 Å². The summed E-state index contributed by atoms with van der Waals surface area (Å²) in [6, 6.07) is 9.89. The lowest BCUT2D eigenvalue weighted by Gasteiger charge is -2.33. The van der Waals surface area contributed by atoms with Crippen LogP contribution < -0.4 is 5.32 Å². The Balaban J connectivity index is 1.42. The number of carbonyl (C=O) groups is 2. The van der Waals surface area contributed by atoms with E-state index in [1.807, 2.05) is 35.2 Å². The fourth-order valence-electron chi connectivity index (χ4n) is 3.18. The molecule has 1 aliphatic rings. The van der Waals surface area contributed by atoms with Gasteiger partial charge in [-0.3, -0.25) is 14.3 Å². The van der Waals surface area contributed by atoms with E-state index in [-0.39, 0.29) is 17.9 Å². The Morgan fingerprint density at radius 1 is 1.26 bits per heavy atom. The zero-order valence-corrected chi connectivity index (χ0v) is 15.8. The topological polar surface area (TPSA) is 76.5 Å². The van der Waals surface area contributed by atoms with Gasteiger partial charge in [-0.1, -0.05) is 30.3 Å². The van der Waals surface area contributed by atoms with Crippen LogP contribution in [0, 0.1) is 0 Å². The summed E-state index contributed by atoms with van der Waals surface area (Å²) in [6.07, 6.45) is 4.25. The lowest BCUT2D eigenvalue weighted by atomic mass is 10.0. The molecule has 1 aromatic heterocycles. The normalized spacial score (nSPS) is 16.1. The zero-order chi connectivity index (χ0) is 19.2. The number of ether oxygens (including phenoxy) is 1. The van der Waals surface area contributed by atoms with Crippen LogP contribution in [0.1, 0.15) is 35.7 Å². The van der Waals surface area contributed by atoms with Gasteiger partial charge in [-0.05, 0) is 25.3 Å². The largest absolute Gasteiger partial charge is 0.364 e. The molecule has 27 heavy (non-hydrogen) atoms. The number of likely N-dealkylation sites (tertiary alicyclic amines) is 1. The predicted molar refractivity (Wildman–Crippen MR) is 101 cm³/mol. The third kappa shape index (κ3) is 5.17. The maximum absolute atomic E-state index is 12.6. The summed E-state index contributed by atoms with van der Waals surface area (Å²) in [5.74, 6) is -0.115. The number of aryl methyl sites for hydroxylation is 1. The third-order valence-corrected chi connectivity index (χ3v) is 4.80. The second kappa shape index (κ2) is 8.81. The minimum absolute atomic E-state index is 0.00275. The van der Waals surface area contributed by atoms with Crippen LogP contribution in [0.15, 0.2) is 42.7 Å². The summed E-state index contributed by atoms with van der Waals surface area (Å²) in [4.78, 5) is 26.6. The fourth-order valence-corrected chi connectivity index (χ4v) is 3.18. The average molecular weight is 370 g/mol. The quantitative estimate of drug-likeness (QED) is 0.840. The summed E-state index contributed by atoms with van der Waals surface area (Å²) < 4.78 is 7.33. The predicted octanol–water partition coefficient (Wildman–Crippen LogP) is 1.75. The highest BCUT2D eigenvalue weighted by Gasteiger charge is 2.27. The molecule has 1 aliphatic heterocycles. The van der Waals surface area contributed by atoms with Gasteiger partial charge in [0.2, 0.25) is 0 Å². The van der Waals surface area contributed by atoms with Crippen LogP contribution in [0.4, 0.5) is 0 Å². The Morgan fingerprint density at radius 2 is 1.96 bits per heavy atom. The number of amides is 2. The molecule has 3 rings (SSSR count). The Labute approximate surface area is 159 Å². The summed E-state index contributed by atoms with van der Waals surface area (Å²) in [7, 11) is 1.78. The number of carbonyl (C=O) groups excluding carboxylic acids is 2. The molecule has 0 spiro atoms. The first kappa shape index (κ1) is 19.1. The van der Waals surface area contributed by atoms with Gasteiger partial charge in [0.1, 0.15) is 6.10 Å². The van der Waals surface area contributed by atoms with Gasteiger partial charge in [-0.25, -0.2) is 0 Å². The van der Waals surface area contributed by atoms with Crippen LogP contribution in [0.25, 0.3) is 0 Å². The highest BCUT2D eigenvalue weighted by molar-refractivity contribution is 5.93. The maximum Gasteiger partial charge on any atom is 0.254 e. The molecule has 2 aromatic rings. The summed E-state index contributed by atoms with van der Waals surface area (Å²) in [5.41, 5.74) is 1.60. The second-order valence-corrected chi connectivity index (χ2v) is 6.91. The maximum atomic E-state index is 12.6. The molecular formula is C20H26N4O3. The van der Waals surface area contributed by atoms with E-state index < -0.39 is 6.10 Å². The van der Waals surface area contributed by atoms with Crippen molar-refractivity contribution in [1.82, 2.24) is 20.0 Å². The Hall–Kier alpha value is -2.67. The number of nitrogens with one attached hydrogen (secondary N) is 1. The van der Waals surface area contributed by atoms with Gasteiger partial charge < -0.3 is 15.0 Å². The second-order valence-electron chi connectivity index (χ2n) is 6.91. The fraction of sp³-hybridized carbons (Fsp3) is 0.450. The standard InChI is InChI=1S/C20H26N4O3/c1-15(27-14-16-6-4-3-5-7-16)20(26)24-10-8-18(9-11-24)22-19(25)17-12-21-23(2)13-17/h3-7,12-13,15,18H,8-11,14H2,1-2H3,(H,22,25). The summed E-state index contributed by atoms with van der Waals surface area (Å²) >= 11 is 0. The van der Waals surface area contributed by atoms with Gasteiger partial charge in [0.05, 0.1) is 18.4 Å². The molecule has 0 aliphatic carbocycles. The summed E-state index contributed by atoms with van der Waals surface area (Å²) in [6.45, 7) is 3.46. The molecule has 0 radical (unpaired) electrons. The van der Waals surface area contributed by atoms with Gasteiger partial charge in [0.15, 0.2) is 0 Å². The van der Waals surface area contributed by atoms with Crippen molar-refractivity contribution in [2.45, 2.75) is 38.5 Å². The number of hydrogen-bond acceptors (Lipinski definition) is 4. The molecule has 7 heteroatoms. The van der Waals surface area contributed by atoms with Gasteiger partial charge in [-0.2, -0.15) is 5.10 Å². The number of aromatic nitrogens is 2. The highest BCUT2D eigenvalue weighted by Crippen LogP contribution is 2.14. The number of hydrogen-bond donors (Lipinski definition) is 1. The molecule has 1 aromatic carbocycles. The first-order chi connectivity index (χ1) is 13.0. The summed E-state index contributed by atoms with van der Waals surface area (Å²) in [5, 5.41) is 7.04. The Morgan fingerprint density at radius 3 is 2.59 bits per heavy atom. The molecule has 1 saturated heterocycles. The average Bonchev–Trinajstić information content (AvgIpc) is 3.13. The van der Waals surface area contributed by atoms with Crippen LogP contribution in [0.2, 0.25) is 0 Å². The molecule has 0 bridgehead atoms. The van der Waals surface area contributed by atoms with Crippen molar-refractivity contribution in [3.63, 3.8) is 0 Å². The highest BCUT2D eigenvalue weighted by atomic mass is 16.5. The van der Waals surface area contributed by atoms with E-state index in [1.54, 1.807) is 31.0 Å². The molecule has 1 fully saturated rings. The van der Waals surface area contributed by atoms with Crippen LogP contribution in [-0.2, 0) is 23.2 Å². The lowest BCUT2D eigenvalue weighted by molar-refractivity contribution is -0.144. The van der Waals surface area contributed by atoms with E-state index in [4.69, 9.17) is 4.74 Å². The van der Waals surface area contributed by atoms with E-state index >= 15 is 0 Å².